The molecule has 0 radical (unpaired) electrons. The molecule has 0 aromatic heterocycles. The molecular weight excluding hydrogens is 238 g/mol. The van der Waals surface area contributed by atoms with Gasteiger partial charge >= 0.3 is 0 Å². The van der Waals surface area contributed by atoms with E-state index in [-0.39, 0.29) is 11.8 Å². The Bertz CT molecular complexity index is 439. The summed E-state index contributed by atoms with van der Waals surface area (Å²) in [6.07, 6.45) is 0.790. The average molecular weight is 256 g/mol. The second-order valence-electron chi connectivity index (χ2n) is 4.78. The van der Waals surface area contributed by atoms with Crippen LogP contribution >= 0.6 is 0 Å². The largest absolute Gasteiger partial charge is 0.491 e. The van der Waals surface area contributed by atoms with Crippen LogP contribution in [0.4, 0.5) is 8.78 Å². The second kappa shape index (κ2) is 5.20. The molecule has 0 aliphatic carbocycles. The normalized spacial score (nSPS) is 24.5. The molecule has 1 aromatic rings. The molecule has 5 heteroatoms. The maximum absolute atomic E-state index is 14.2. The summed E-state index contributed by atoms with van der Waals surface area (Å²) in [5.41, 5.74) is 6.13. The van der Waals surface area contributed by atoms with Crippen molar-refractivity contribution in [3.63, 3.8) is 0 Å². The SMILES string of the molecule is COc1c(F)ccc(C2CC(CN)CN2C)c1F. The molecule has 2 atom stereocenters. The van der Waals surface area contributed by atoms with Gasteiger partial charge in [0.25, 0.3) is 0 Å². The van der Waals surface area contributed by atoms with Gasteiger partial charge in [-0.05, 0) is 32.0 Å². The van der Waals surface area contributed by atoms with Gasteiger partial charge in [-0.2, -0.15) is 0 Å². The minimum atomic E-state index is -0.672. The summed E-state index contributed by atoms with van der Waals surface area (Å²) >= 11 is 0. The Kier molecular flexibility index (Phi) is 3.82. The molecular formula is C13H18F2N2O. The minimum absolute atomic E-state index is 0.0620. The van der Waals surface area contributed by atoms with Gasteiger partial charge in [-0.1, -0.05) is 6.07 Å². The fraction of sp³-hybridized carbons (Fsp3) is 0.538. The summed E-state index contributed by atoms with van der Waals surface area (Å²) in [6.45, 7) is 1.42. The zero-order valence-corrected chi connectivity index (χ0v) is 10.6. The van der Waals surface area contributed by atoms with Crippen LogP contribution in [0, 0.1) is 17.6 Å². The van der Waals surface area contributed by atoms with E-state index in [9.17, 15) is 8.78 Å². The van der Waals surface area contributed by atoms with E-state index in [1.807, 2.05) is 11.9 Å². The van der Waals surface area contributed by atoms with Crippen molar-refractivity contribution in [3.05, 3.63) is 29.3 Å². The highest BCUT2D eigenvalue weighted by Gasteiger charge is 2.32. The smallest absolute Gasteiger partial charge is 0.190 e. The molecule has 100 valence electrons. The molecule has 0 bridgehead atoms. The third-order valence-corrected chi connectivity index (χ3v) is 3.61. The number of benzene rings is 1. The highest BCUT2D eigenvalue weighted by molar-refractivity contribution is 5.35. The van der Waals surface area contributed by atoms with E-state index in [1.165, 1.54) is 19.2 Å². The van der Waals surface area contributed by atoms with Gasteiger partial charge in [0.1, 0.15) is 0 Å². The Morgan fingerprint density at radius 3 is 2.72 bits per heavy atom. The van der Waals surface area contributed by atoms with Gasteiger partial charge in [-0.15, -0.1) is 0 Å². The van der Waals surface area contributed by atoms with Crippen molar-refractivity contribution in [3.8, 4) is 5.75 Å². The van der Waals surface area contributed by atoms with Crippen molar-refractivity contribution in [1.82, 2.24) is 4.90 Å². The molecule has 2 unspecified atom stereocenters. The van der Waals surface area contributed by atoms with Gasteiger partial charge in [0, 0.05) is 18.2 Å². The molecule has 2 rings (SSSR count). The van der Waals surface area contributed by atoms with Crippen LogP contribution in [0.15, 0.2) is 12.1 Å². The zero-order chi connectivity index (χ0) is 13.3. The lowest BCUT2D eigenvalue weighted by atomic mass is 9.99. The van der Waals surface area contributed by atoms with Crippen LogP contribution in [-0.4, -0.2) is 32.1 Å². The predicted molar refractivity (Wildman–Crippen MR) is 65.4 cm³/mol. The van der Waals surface area contributed by atoms with E-state index >= 15 is 0 Å². The van der Waals surface area contributed by atoms with E-state index in [0.717, 1.165) is 13.0 Å². The standard InChI is InChI=1S/C13H18F2N2O/c1-17-7-8(6-16)5-11(17)9-3-4-10(14)13(18-2)12(9)15/h3-4,8,11H,5-7,16H2,1-2H3. The van der Waals surface area contributed by atoms with Crippen molar-refractivity contribution in [2.24, 2.45) is 11.7 Å². The van der Waals surface area contributed by atoms with Crippen LogP contribution < -0.4 is 10.5 Å². The van der Waals surface area contributed by atoms with E-state index in [1.54, 1.807) is 0 Å². The average Bonchev–Trinajstić information content (AvgIpc) is 2.71. The lowest BCUT2D eigenvalue weighted by molar-refractivity contribution is 0.299. The topological polar surface area (TPSA) is 38.5 Å². The lowest BCUT2D eigenvalue weighted by Crippen LogP contribution is -2.21. The van der Waals surface area contributed by atoms with Gasteiger partial charge in [0.2, 0.25) is 0 Å². The quantitative estimate of drug-likeness (QED) is 0.898. The molecule has 1 aliphatic rings. The van der Waals surface area contributed by atoms with E-state index in [4.69, 9.17) is 10.5 Å². The molecule has 1 saturated heterocycles. The number of nitrogens with two attached hydrogens (primary N) is 1. The zero-order valence-electron chi connectivity index (χ0n) is 10.6. The Morgan fingerprint density at radius 1 is 1.44 bits per heavy atom. The monoisotopic (exact) mass is 256 g/mol. The van der Waals surface area contributed by atoms with Crippen molar-refractivity contribution >= 4 is 0 Å². The molecule has 18 heavy (non-hydrogen) atoms. The molecule has 2 N–H and O–H groups in total. The highest BCUT2D eigenvalue weighted by Crippen LogP contribution is 2.37. The maximum atomic E-state index is 14.2. The molecule has 0 amide bonds. The first-order valence-electron chi connectivity index (χ1n) is 6.00. The number of hydrogen-bond acceptors (Lipinski definition) is 3. The number of methoxy groups -OCH3 is 1. The molecule has 3 nitrogen and oxygen atoms in total. The fourth-order valence-electron chi connectivity index (χ4n) is 2.63. The second-order valence-corrected chi connectivity index (χ2v) is 4.78. The number of nitrogens with zero attached hydrogens (tertiary/aromatic N) is 1. The maximum Gasteiger partial charge on any atom is 0.190 e. The Labute approximate surface area is 106 Å². The lowest BCUT2D eigenvalue weighted by Gasteiger charge is -2.21. The number of rotatable bonds is 3. The molecule has 1 aromatic carbocycles. The van der Waals surface area contributed by atoms with Gasteiger partial charge in [-0.3, -0.25) is 4.90 Å². The Balaban J connectivity index is 2.34. The third kappa shape index (κ3) is 2.20. The van der Waals surface area contributed by atoms with Crippen LogP contribution in [-0.2, 0) is 0 Å². The van der Waals surface area contributed by atoms with Gasteiger partial charge in [-0.25, -0.2) is 8.78 Å². The van der Waals surface area contributed by atoms with E-state index in [0.29, 0.717) is 18.0 Å². The fourth-order valence-corrected chi connectivity index (χ4v) is 2.63. The number of halogens is 2. The van der Waals surface area contributed by atoms with Crippen LogP contribution in [0.25, 0.3) is 0 Å². The third-order valence-electron chi connectivity index (χ3n) is 3.61. The van der Waals surface area contributed by atoms with Gasteiger partial charge in [0.15, 0.2) is 17.4 Å². The van der Waals surface area contributed by atoms with E-state index in [2.05, 4.69) is 0 Å². The summed E-state index contributed by atoms with van der Waals surface area (Å²) in [7, 11) is 3.20. The molecule has 0 spiro atoms. The number of ether oxygens (including phenoxy) is 1. The van der Waals surface area contributed by atoms with Crippen molar-refractivity contribution in [2.45, 2.75) is 12.5 Å². The summed E-state index contributed by atoms with van der Waals surface area (Å²) in [6, 6.07) is 2.68. The Morgan fingerprint density at radius 2 is 2.17 bits per heavy atom. The summed E-state index contributed by atoms with van der Waals surface area (Å²) in [5.74, 6) is -1.23. The first-order chi connectivity index (χ1) is 8.58. The van der Waals surface area contributed by atoms with Gasteiger partial charge < -0.3 is 10.5 Å². The van der Waals surface area contributed by atoms with Crippen LogP contribution in [0.1, 0.15) is 18.0 Å². The molecule has 0 saturated carbocycles. The summed E-state index contributed by atoms with van der Waals surface area (Å²) in [5, 5.41) is 0. The highest BCUT2D eigenvalue weighted by atomic mass is 19.1. The molecule has 1 aliphatic heterocycles. The Hall–Kier alpha value is -1.20. The number of likely N-dealkylation sites (tertiary alicyclic amines) is 1. The van der Waals surface area contributed by atoms with Crippen LogP contribution in [0.2, 0.25) is 0 Å². The first-order valence-corrected chi connectivity index (χ1v) is 6.00. The number of hydrogen-bond donors (Lipinski definition) is 1. The molecule has 1 heterocycles. The van der Waals surface area contributed by atoms with Crippen LogP contribution in [0.3, 0.4) is 0 Å². The van der Waals surface area contributed by atoms with Gasteiger partial charge in [0.05, 0.1) is 7.11 Å². The predicted octanol–water partition coefficient (Wildman–Crippen LogP) is 1.92. The van der Waals surface area contributed by atoms with Crippen molar-refractivity contribution < 1.29 is 13.5 Å². The minimum Gasteiger partial charge on any atom is -0.491 e. The van der Waals surface area contributed by atoms with E-state index < -0.39 is 11.6 Å². The summed E-state index contributed by atoms with van der Waals surface area (Å²) in [4.78, 5) is 2.05. The summed E-state index contributed by atoms with van der Waals surface area (Å²) < 4.78 is 32.3. The first kappa shape index (κ1) is 13.2. The van der Waals surface area contributed by atoms with Crippen molar-refractivity contribution in [2.75, 3.05) is 27.2 Å². The van der Waals surface area contributed by atoms with Crippen LogP contribution in [0.5, 0.6) is 5.75 Å². The molecule has 1 fully saturated rings. The van der Waals surface area contributed by atoms with Crippen molar-refractivity contribution in [1.29, 1.82) is 0 Å².